The molecule has 1 saturated heterocycles. The van der Waals surface area contributed by atoms with E-state index < -0.39 is 0 Å². The van der Waals surface area contributed by atoms with E-state index in [0.717, 1.165) is 19.5 Å². The second kappa shape index (κ2) is 6.93. The van der Waals surface area contributed by atoms with E-state index in [2.05, 4.69) is 32.7 Å². The molecule has 0 aliphatic carbocycles. The number of piperidine rings is 1. The molecule has 3 nitrogen and oxygen atoms in total. The largest absolute Gasteiger partial charge is 0.334 e. The SMILES string of the molecule is C=CCN(C(=O)CCC1CCCNC1)C(C)(C)C. The smallest absolute Gasteiger partial charge is 0.223 e. The Morgan fingerprint density at radius 1 is 1.50 bits per heavy atom. The molecule has 0 saturated carbocycles. The number of rotatable bonds is 5. The first-order valence-electron chi connectivity index (χ1n) is 7.07. The average Bonchev–Trinajstić information content (AvgIpc) is 2.33. The van der Waals surface area contributed by atoms with Crippen molar-refractivity contribution in [1.29, 1.82) is 0 Å². The van der Waals surface area contributed by atoms with Gasteiger partial charge in [-0.3, -0.25) is 4.79 Å². The third kappa shape index (κ3) is 4.81. The van der Waals surface area contributed by atoms with E-state index in [1.165, 1.54) is 12.8 Å². The molecular weight excluding hydrogens is 224 g/mol. The lowest BCUT2D eigenvalue weighted by molar-refractivity contribution is -0.135. The molecule has 3 heteroatoms. The van der Waals surface area contributed by atoms with Crippen LogP contribution < -0.4 is 5.32 Å². The van der Waals surface area contributed by atoms with Crippen LogP contribution in [0.2, 0.25) is 0 Å². The zero-order valence-corrected chi connectivity index (χ0v) is 12.2. The van der Waals surface area contributed by atoms with Gasteiger partial charge in [-0.1, -0.05) is 6.08 Å². The van der Waals surface area contributed by atoms with Crippen LogP contribution in [0, 0.1) is 5.92 Å². The maximum atomic E-state index is 12.3. The van der Waals surface area contributed by atoms with E-state index in [0.29, 0.717) is 18.9 Å². The minimum Gasteiger partial charge on any atom is -0.334 e. The summed E-state index contributed by atoms with van der Waals surface area (Å²) in [6.07, 6.45) is 5.99. The lowest BCUT2D eigenvalue weighted by atomic mass is 9.94. The van der Waals surface area contributed by atoms with E-state index in [4.69, 9.17) is 0 Å². The fourth-order valence-electron chi connectivity index (χ4n) is 2.51. The van der Waals surface area contributed by atoms with Gasteiger partial charge < -0.3 is 10.2 Å². The van der Waals surface area contributed by atoms with Crippen LogP contribution in [0.3, 0.4) is 0 Å². The van der Waals surface area contributed by atoms with Crippen molar-refractivity contribution in [3.05, 3.63) is 12.7 Å². The van der Waals surface area contributed by atoms with Crippen molar-refractivity contribution in [3.63, 3.8) is 0 Å². The zero-order chi connectivity index (χ0) is 13.6. The minimum atomic E-state index is -0.115. The van der Waals surface area contributed by atoms with E-state index in [1.54, 1.807) is 0 Å². The van der Waals surface area contributed by atoms with Gasteiger partial charge in [-0.05, 0) is 59.0 Å². The molecule has 0 aromatic carbocycles. The van der Waals surface area contributed by atoms with Gasteiger partial charge in [-0.25, -0.2) is 0 Å². The van der Waals surface area contributed by atoms with Crippen LogP contribution in [0.4, 0.5) is 0 Å². The minimum absolute atomic E-state index is 0.115. The molecule has 1 amide bonds. The second-order valence-corrected chi connectivity index (χ2v) is 6.21. The summed E-state index contributed by atoms with van der Waals surface area (Å²) < 4.78 is 0. The molecule has 1 atom stereocenters. The highest BCUT2D eigenvalue weighted by molar-refractivity contribution is 5.77. The van der Waals surface area contributed by atoms with Crippen LogP contribution in [-0.2, 0) is 4.79 Å². The Morgan fingerprint density at radius 2 is 2.22 bits per heavy atom. The fraction of sp³-hybridized carbons (Fsp3) is 0.800. The van der Waals surface area contributed by atoms with E-state index >= 15 is 0 Å². The van der Waals surface area contributed by atoms with Crippen LogP contribution >= 0.6 is 0 Å². The summed E-state index contributed by atoms with van der Waals surface area (Å²) in [6.45, 7) is 12.8. The Hall–Kier alpha value is -0.830. The predicted molar refractivity (Wildman–Crippen MR) is 76.5 cm³/mol. The maximum absolute atomic E-state index is 12.3. The van der Waals surface area contributed by atoms with Crippen LogP contribution in [-0.4, -0.2) is 36.0 Å². The lowest BCUT2D eigenvalue weighted by Crippen LogP contribution is -2.45. The van der Waals surface area contributed by atoms with Crippen molar-refractivity contribution in [1.82, 2.24) is 10.2 Å². The molecule has 1 aliphatic rings. The third-order valence-electron chi connectivity index (χ3n) is 3.59. The van der Waals surface area contributed by atoms with Gasteiger partial charge in [-0.2, -0.15) is 0 Å². The Bertz CT molecular complexity index is 275. The highest BCUT2D eigenvalue weighted by Gasteiger charge is 2.25. The number of carbonyl (C=O) groups excluding carboxylic acids is 1. The Balaban J connectivity index is 2.43. The van der Waals surface area contributed by atoms with Crippen molar-refractivity contribution in [2.24, 2.45) is 5.92 Å². The van der Waals surface area contributed by atoms with Crippen LogP contribution in [0.15, 0.2) is 12.7 Å². The topological polar surface area (TPSA) is 32.3 Å². The monoisotopic (exact) mass is 252 g/mol. The molecule has 1 unspecified atom stereocenters. The number of nitrogens with one attached hydrogen (secondary N) is 1. The second-order valence-electron chi connectivity index (χ2n) is 6.21. The maximum Gasteiger partial charge on any atom is 0.223 e. The molecule has 1 fully saturated rings. The van der Waals surface area contributed by atoms with Crippen LogP contribution in [0.25, 0.3) is 0 Å². The molecule has 1 N–H and O–H groups in total. The first kappa shape index (κ1) is 15.2. The molecule has 0 aromatic heterocycles. The summed E-state index contributed by atoms with van der Waals surface area (Å²) >= 11 is 0. The number of hydrogen-bond donors (Lipinski definition) is 1. The van der Waals surface area contributed by atoms with Gasteiger partial charge >= 0.3 is 0 Å². The van der Waals surface area contributed by atoms with Gasteiger partial charge in [0.1, 0.15) is 0 Å². The van der Waals surface area contributed by atoms with Crippen LogP contribution in [0.5, 0.6) is 0 Å². The molecule has 1 rings (SSSR count). The van der Waals surface area contributed by atoms with Crippen LogP contribution in [0.1, 0.15) is 46.5 Å². The van der Waals surface area contributed by atoms with Gasteiger partial charge in [-0.15, -0.1) is 6.58 Å². The number of carbonyl (C=O) groups is 1. The summed E-state index contributed by atoms with van der Waals surface area (Å²) in [5, 5.41) is 3.40. The Kier molecular flexibility index (Phi) is 5.86. The molecule has 104 valence electrons. The molecule has 1 aliphatic heterocycles. The van der Waals surface area contributed by atoms with Crippen molar-refractivity contribution in [2.75, 3.05) is 19.6 Å². The van der Waals surface area contributed by atoms with Crippen molar-refractivity contribution in [3.8, 4) is 0 Å². The Morgan fingerprint density at radius 3 is 2.72 bits per heavy atom. The van der Waals surface area contributed by atoms with Crippen molar-refractivity contribution in [2.45, 2.75) is 52.0 Å². The molecular formula is C15H28N2O. The standard InChI is InChI=1S/C15H28N2O/c1-5-11-17(15(2,3)4)14(18)9-8-13-7-6-10-16-12-13/h5,13,16H,1,6-12H2,2-4H3. The number of hydrogen-bond acceptors (Lipinski definition) is 2. The van der Waals surface area contributed by atoms with Crippen molar-refractivity contribution >= 4 is 5.91 Å². The highest BCUT2D eigenvalue weighted by Crippen LogP contribution is 2.19. The Labute approximate surface area is 112 Å². The van der Waals surface area contributed by atoms with Gasteiger partial charge in [0, 0.05) is 18.5 Å². The molecule has 0 spiro atoms. The fourth-order valence-corrected chi connectivity index (χ4v) is 2.51. The number of amides is 1. The van der Waals surface area contributed by atoms with Gasteiger partial charge in [0.25, 0.3) is 0 Å². The summed E-state index contributed by atoms with van der Waals surface area (Å²) in [7, 11) is 0. The molecule has 1 heterocycles. The molecule has 0 radical (unpaired) electrons. The quantitative estimate of drug-likeness (QED) is 0.763. The molecule has 0 aromatic rings. The summed E-state index contributed by atoms with van der Waals surface area (Å²) in [5.74, 6) is 0.932. The first-order chi connectivity index (χ1) is 8.45. The summed E-state index contributed by atoms with van der Waals surface area (Å²) in [4.78, 5) is 14.2. The highest BCUT2D eigenvalue weighted by atomic mass is 16.2. The summed E-state index contributed by atoms with van der Waals surface area (Å²) in [6, 6.07) is 0. The van der Waals surface area contributed by atoms with Gasteiger partial charge in [0.05, 0.1) is 0 Å². The zero-order valence-electron chi connectivity index (χ0n) is 12.2. The summed E-state index contributed by atoms with van der Waals surface area (Å²) in [5.41, 5.74) is -0.115. The lowest BCUT2D eigenvalue weighted by Gasteiger charge is -2.35. The average molecular weight is 252 g/mol. The van der Waals surface area contributed by atoms with E-state index in [1.807, 2.05) is 11.0 Å². The normalized spacial score (nSPS) is 20.5. The molecule has 0 bridgehead atoms. The van der Waals surface area contributed by atoms with Crippen molar-refractivity contribution < 1.29 is 4.79 Å². The predicted octanol–water partition coefficient (Wildman–Crippen LogP) is 2.58. The van der Waals surface area contributed by atoms with E-state index in [9.17, 15) is 4.79 Å². The number of nitrogens with zero attached hydrogens (tertiary/aromatic N) is 1. The third-order valence-corrected chi connectivity index (χ3v) is 3.59. The molecule has 18 heavy (non-hydrogen) atoms. The van der Waals surface area contributed by atoms with E-state index in [-0.39, 0.29) is 11.4 Å². The first-order valence-corrected chi connectivity index (χ1v) is 7.07. The van der Waals surface area contributed by atoms with Gasteiger partial charge in [0.2, 0.25) is 5.91 Å². The van der Waals surface area contributed by atoms with Gasteiger partial charge in [0.15, 0.2) is 0 Å².